The summed E-state index contributed by atoms with van der Waals surface area (Å²) in [5.41, 5.74) is -1.62. The number of nitrogens with zero attached hydrogens (tertiary/aromatic N) is 1. The molecule has 0 bridgehead atoms. The Morgan fingerprint density at radius 3 is 2.29 bits per heavy atom. The molecule has 0 aliphatic heterocycles. The van der Waals surface area contributed by atoms with Crippen LogP contribution < -0.4 is 0 Å². The Balaban J connectivity index is 3.47. The van der Waals surface area contributed by atoms with Gasteiger partial charge in [0.1, 0.15) is 4.90 Å². The van der Waals surface area contributed by atoms with E-state index in [1.54, 1.807) is 0 Å². The number of pyridine rings is 1. The maximum absolute atomic E-state index is 12.1. The van der Waals surface area contributed by atoms with Crippen LogP contribution in [0, 0.1) is 0 Å². The van der Waals surface area contributed by atoms with Crippen molar-refractivity contribution in [2.75, 3.05) is 0 Å². The molecule has 0 amide bonds. The third kappa shape index (κ3) is 2.20. The molecule has 1 heterocycles. The van der Waals surface area contributed by atoms with Gasteiger partial charge in [-0.15, -0.1) is 0 Å². The fourth-order valence-corrected chi connectivity index (χ4v) is 1.47. The first-order valence-corrected chi connectivity index (χ1v) is 4.66. The van der Waals surface area contributed by atoms with Crippen LogP contribution in [0.15, 0.2) is 23.2 Å². The summed E-state index contributed by atoms with van der Waals surface area (Å²) < 4.78 is 65.9. The molecule has 14 heavy (non-hydrogen) atoms. The third-order valence-electron chi connectivity index (χ3n) is 1.32. The van der Waals surface area contributed by atoms with E-state index in [0.717, 1.165) is 12.3 Å². The molecule has 1 rings (SSSR count). The van der Waals surface area contributed by atoms with E-state index in [-0.39, 0.29) is 0 Å². The van der Waals surface area contributed by atoms with Crippen LogP contribution >= 0.6 is 0 Å². The Morgan fingerprint density at radius 2 is 1.93 bits per heavy atom. The van der Waals surface area contributed by atoms with Crippen molar-refractivity contribution in [1.29, 1.82) is 0 Å². The Labute approximate surface area is 77.1 Å². The second-order valence-electron chi connectivity index (χ2n) is 2.32. The van der Waals surface area contributed by atoms with Gasteiger partial charge in [-0.25, -0.2) is 0 Å². The molecule has 0 aliphatic carbocycles. The van der Waals surface area contributed by atoms with Crippen LogP contribution in [-0.2, 0) is 16.3 Å². The average molecular weight is 227 g/mol. The molecule has 0 fully saturated rings. The van der Waals surface area contributed by atoms with E-state index < -0.39 is 26.9 Å². The van der Waals surface area contributed by atoms with Gasteiger partial charge >= 0.3 is 6.18 Å². The summed E-state index contributed by atoms with van der Waals surface area (Å²) in [6.07, 6.45) is -4.12. The van der Waals surface area contributed by atoms with Crippen LogP contribution in [0.4, 0.5) is 13.2 Å². The minimum atomic E-state index is -4.91. The quantitative estimate of drug-likeness (QED) is 0.735. The van der Waals surface area contributed by atoms with Gasteiger partial charge in [0.25, 0.3) is 10.1 Å². The number of hydrogen-bond donors (Lipinski definition) is 1. The highest BCUT2D eigenvalue weighted by atomic mass is 32.2. The molecule has 0 saturated heterocycles. The van der Waals surface area contributed by atoms with Gasteiger partial charge in [-0.1, -0.05) is 0 Å². The first-order valence-electron chi connectivity index (χ1n) is 3.22. The lowest BCUT2D eigenvalue weighted by atomic mass is 10.3. The van der Waals surface area contributed by atoms with Crippen LogP contribution in [0.1, 0.15) is 5.69 Å². The van der Waals surface area contributed by atoms with Crippen molar-refractivity contribution >= 4 is 10.1 Å². The molecule has 0 atom stereocenters. The maximum atomic E-state index is 12.1. The normalized spacial score (nSPS) is 12.9. The molecule has 0 aliphatic rings. The van der Waals surface area contributed by atoms with Crippen LogP contribution in [0.2, 0.25) is 0 Å². The summed E-state index contributed by atoms with van der Waals surface area (Å²) in [7, 11) is -4.90. The highest BCUT2D eigenvalue weighted by molar-refractivity contribution is 7.85. The summed E-state index contributed by atoms with van der Waals surface area (Å²) in [6.45, 7) is 0. The molecular weight excluding hydrogens is 223 g/mol. The van der Waals surface area contributed by atoms with E-state index in [9.17, 15) is 21.6 Å². The Morgan fingerprint density at radius 1 is 1.36 bits per heavy atom. The van der Waals surface area contributed by atoms with Gasteiger partial charge in [0.15, 0.2) is 5.69 Å². The average Bonchev–Trinajstić information content (AvgIpc) is 2.01. The predicted octanol–water partition coefficient (Wildman–Crippen LogP) is 1.35. The van der Waals surface area contributed by atoms with E-state index in [1.807, 2.05) is 0 Å². The first kappa shape index (κ1) is 10.9. The first-order chi connectivity index (χ1) is 6.23. The molecular formula is C6H4F3NO3S. The van der Waals surface area contributed by atoms with Gasteiger partial charge in [-0.05, 0) is 12.1 Å². The predicted molar refractivity (Wildman–Crippen MR) is 39.1 cm³/mol. The molecule has 1 N–H and O–H groups in total. The van der Waals surface area contributed by atoms with Gasteiger partial charge in [-0.3, -0.25) is 9.54 Å². The molecule has 0 saturated carbocycles. The highest BCUT2D eigenvalue weighted by Crippen LogP contribution is 2.31. The Bertz CT molecular complexity index is 440. The summed E-state index contributed by atoms with van der Waals surface area (Å²) >= 11 is 0. The molecule has 0 unspecified atom stereocenters. The largest absolute Gasteiger partial charge is 0.434 e. The lowest BCUT2D eigenvalue weighted by Gasteiger charge is -2.08. The Hall–Kier alpha value is -1.15. The summed E-state index contributed by atoms with van der Waals surface area (Å²) in [5.74, 6) is 0. The second kappa shape index (κ2) is 3.21. The standard InChI is InChI=1S/C6H4F3NO3S/c7-6(8,9)5-4(14(11,12)13)2-1-3-10-5/h1-3H,(H,11,12,13). The molecule has 78 valence electrons. The molecule has 1 aromatic rings. The van der Waals surface area contributed by atoms with Crippen molar-refractivity contribution in [3.63, 3.8) is 0 Å². The smallest absolute Gasteiger partial charge is 0.282 e. The minimum absolute atomic E-state index is 0.630. The SMILES string of the molecule is O=S(=O)(O)c1cccnc1C(F)(F)F. The monoisotopic (exact) mass is 227 g/mol. The maximum Gasteiger partial charge on any atom is 0.434 e. The van der Waals surface area contributed by atoms with Crippen molar-refractivity contribution < 1.29 is 26.1 Å². The minimum Gasteiger partial charge on any atom is -0.282 e. The molecule has 1 aromatic heterocycles. The van der Waals surface area contributed by atoms with E-state index >= 15 is 0 Å². The van der Waals surface area contributed by atoms with Crippen LogP contribution in [-0.4, -0.2) is 18.0 Å². The number of hydrogen-bond acceptors (Lipinski definition) is 3. The zero-order chi connectivity index (χ0) is 11.0. The zero-order valence-electron chi connectivity index (χ0n) is 6.49. The summed E-state index contributed by atoms with van der Waals surface area (Å²) in [5, 5.41) is 0. The van der Waals surface area contributed by atoms with E-state index in [4.69, 9.17) is 4.55 Å². The van der Waals surface area contributed by atoms with Crippen LogP contribution in [0.3, 0.4) is 0 Å². The Kier molecular flexibility index (Phi) is 2.50. The number of alkyl halides is 3. The van der Waals surface area contributed by atoms with Crippen molar-refractivity contribution in [2.45, 2.75) is 11.1 Å². The van der Waals surface area contributed by atoms with E-state index in [1.165, 1.54) is 0 Å². The highest BCUT2D eigenvalue weighted by Gasteiger charge is 2.38. The van der Waals surface area contributed by atoms with Crippen molar-refractivity contribution in [2.24, 2.45) is 0 Å². The lowest BCUT2D eigenvalue weighted by molar-refractivity contribution is -0.143. The van der Waals surface area contributed by atoms with Crippen LogP contribution in [0.25, 0.3) is 0 Å². The second-order valence-corrected chi connectivity index (χ2v) is 3.71. The molecule has 8 heteroatoms. The summed E-state index contributed by atoms with van der Waals surface area (Å²) in [4.78, 5) is 1.61. The number of rotatable bonds is 1. The molecule has 0 aromatic carbocycles. The lowest BCUT2D eigenvalue weighted by Crippen LogP contribution is -2.14. The van der Waals surface area contributed by atoms with Gasteiger partial charge in [-0.2, -0.15) is 21.6 Å². The fourth-order valence-electron chi connectivity index (χ4n) is 0.812. The fraction of sp³-hybridized carbons (Fsp3) is 0.167. The molecule has 0 spiro atoms. The molecule has 0 radical (unpaired) electrons. The van der Waals surface area contributed by atoms with Gasteiger partial charge in [0.05, 0.1) is 0 Å². The topological polar surface area (TPSA) is 67.3 Å². The molecule has 4 nitrogen and oxygen atoms in total. The van der Waals surface area contributed by atoms with E-state index in [0.29, 0.717) is 6.07 Å². The van der Waals surface area contributed by atoms with E-state index in [2.05, 4.69) is 4.98 Å². The van der Waals surface area contributed by atoms with Crippen molar-refractivity contribution in [3.05, 3.63) is 24.0 Å². The third-order valence-corrected chi connectivity index (χ3v) is 2.20. The van der Waals surface area contributed by atoms with Gasteiger partial charge in [0.2, 0.25) is 0 Å². The summed E-state index contributed by atoms with van der Waals surface area (Å²) in [6, 6.07) is 1.61. The van der Waals surface area contributed by atoms with Crippen molar-refractivity contribution in [3.8, 4) is 0 Å². The van der Waals surface area contributed by atoms with Crippen LogP contribution in [0.5, 0.6) is 0 Å². The number of halogens is 3. The van der Waals surface area contributed by atoms with Gasteiger partial charge < -0.3 is 0 Å². The zero-order valence-corrected chi connectivity index (χ0v) is 7.30. The van der Waals surface area contributed by atoms with Crippen molar-refractivity contribution in [1.82, 2.24) is 4.98 Å². The van der Waals surface area contributed by atoms with Gasteiger partial charge in [0, 0.05) is 6.20 Å². The number of aromatic nitrogens is 1.